The van der Waals surface area contributed by atoms with Gasteiger partial charge in [-0.1, -0.05) is 0 Å². The number of nitrogens with one attached hydrogen (secondary N) is 1. The summed E-state index contributed by atoms with van der Waals surface area (Å²) in [7, 11) is 0. The van der Waals surface area contributed by atoms with Gasteiger partial charge in [-0.3, -0.25) is 9.00 Å². The van der Waals surface area contributed by atoms with E-state index in [4.69, 9.17) is 5.11 Å². The van der Waals surface area contributed by atoms with Gasteiger partial charge in [0.2, 0.25) is 0 Å². The van der Waals surface area contributed by atoms with Gasteiger partial charge in [0, 0.05) is 17.3 Å². The average Bonchev–Trinajstić information content (AvgIpc) is 1.82. The maximum Gasteiger partial charge on any atom is 0.309 e. The van der Waals surface area contributed by atoms with Crippen LogP contribution in [0.4, 0.5) is 0 Å². The Kier molecular flexibility index (Phi) is 4.52. The molecule has 0 aliphatic rings. The molecule has 0 aromatic heterocycles. The zero-order valence-corrected chi connectivity index (χ0v) is 8.68. The van der Waals surface area contributed by atoms with E-state index >= 15 is 0 Å². The molecule has 2 atom stereocenters. The Morgan fingerprint density at radius 3 is 2.46 bits per heavy atom. The van der Waals surface area contributed by atoms with Crippen LogP contribution < -0.4 is 4.72 Å². The highest BCUT2D eigenvalue weighted by molar-refractivity contribution is 7.77. The third kappa shape index (κ3) is 4.97. The predicted molar refractivity (Wildman–Crippen MR) is 47.6 cm³/mol. The van der Waals surface area contributed by atoms with E-state index in [0.717, 1.165) is 0 Å². The van der Waals surface area contributed by atoms with Gasteiger partial charge in [-0.05, 0) is 27.2 Å². The van der Waals surface area contributed by atoms with Crippen LogP contribution in [0.5, 0.6) is 0 Å². The largest absolute Gasteiger partial charge is 0.760 e. The summed E-state index contributed by atoms with van der Waals surface area (Å²) < 4.78 is 22.6. The number of carboxylic acid groups (broad SMARTS) is 1. The minimum absolute atomic E-state index is 0.260. The van der Waals surface area contributed by atoms with Crippen molar-refractivity contribution >= 4 is 17.2 Å². The predicted octanol–water partition coefficient (Wildman–Crippen LogP) is 0.260. The third-order valence-electron chi connectivity index (χ3n) is 1.69. The zero-order valence-electron chi connectivity index (χ0n) is 7.86. The molecule has 0 saturated carbocycles. The fraction of sp³-hybridized carbons (Fsp3) is 0.857. The van der Waals surface area contributed by atoms with Crippen molar-refractivity contribution in [1.29, 1.82) is 0 Å². The number of rotatable bonds is 5. The van der Waals surface area contributed by atoms with Crippen LogP contribution in [0.1, 0.15) is 27.2 Å². The smallest absolute Gasteiger partial charge is 0.309 e. The SMILES string of the molecule is CC(CC(C)(C)C(=O)O)NS(=O)[O-]. The van der Waals surface area contributed by atoms with Gasteiger partial charge in [0.05, 0.1) is 5.41 Å². The molecule has 0 bridgehead atoms. The Bertz CT molecular complexity index is 217. The van der Waals surface area contributed by atoms with Crippen molar-refractivity contribution in [3.63, 3.8) is 0 Å². The first-order valence-corrected chi connectivity index (χ1v) is 4.92. The van der Waals surface area contributed by atoms with Gasteiger partial charge in [0.25, 0.3) is 0 Å². The van der Waals surface area contributed by atoms with Gasteiger partial charge in [-0.2, -0.15) is 0 Å². The van der Waals surface area contributed by atoms with Gasteiger partial charge in [-0.15, -0.1) is 0 Å². The van der Waals surface area contributed by atoms with Crippen molar-refractivity contribution in [2.75, 3.05) is 0 Å². The van der Waals surface area contributed by atoms with E-state index < -0.39 is 22.7 Å². The second-order valence-electron chi connectivity index (χ2n) is 3.65. The fourth-order valence-electron chi connectivity index (χ4n) is 1.06. The lowest BCUT2D eigenvalue weighted by atomic mass is 9.87. The summed E-state index contributed by atoms with van der Waals surface area (Å²) in [6, 6.07) is -0.371. The minimum atomic E-state index is -2.34. The zero-order chi connectivity index (χ0) is 10.6. The van der Waals surface area contributed by atoms with Crippen LogP contribution in [0.2, 0.25) is 0 Å². The van der Waals surface area contributed by atoms with E-state index in [2.05, 4.69) is 4.72 Å². The number of hydrogen-bond acceptors (Lipinski definition) is 3. The van der Waals surface area contributed by atoms with E-state index in [-0.39, 0.29) is 12.5 Å². The molecular formula is C7H14NO4S-. The molecule has 0 aromatic rings. The molecule has 6 heteroatoms. The maximum absolute atomic E-state index is 10.7. The summed E-state index contributed by atoms with van der Waals surface area (Å²) in [5, 5.41) is 8.74. The van der Waals surface area contributed by atoms with E-state index in [1.807, 2.05) is 0 Å². The van der Waals surface area contributed by atoms with Crippen molar-refractivity contribution in [1.82, 2.24) is 4.72 Å². The molecular weight excluding hydrogens is 194 g/mol. The van der Waals surface area contributed by atoms with Gasteiger partial charge in [0.15, 0.2) is 0 Å². The Hall–Kier alpha value is -0.460. The Morgan fingerprint density at radius 1 is 1.69 bits per heavy atom. The standard InChI is InChI=1S/C7H15NO4S/c1-5(8-13(11)12)4-7(2,3)6(9)10/h5,8H,4H2,1-3H3,(H,9,10)(H,11,12)/p-1. The molecule has 0 aromatic carbocycles. The summed E-state index contributed by atoms with van der Waals surface area (Å²) in [5.41, 5.74) is -0.911. The first-order valence-electron chi connectivity index (χ1n) is 3.84. The molecule has 13 heavy (non-hydrogen) atoms. The van der Waals surface area contributed by atoms with E-state index in [9.17, 15) is 13.6 Å². The average molecular weight is 208 g/mol. The van der Waals surface area contributed by atoms with Gasteiger partial charge >= 0.3 is 5.97 Å². The van der Waals surface area contributed by atoms with Crippen LogP contribution in [-0.4, -0.2) is 25.9 Å². The summed E-state index contributed by atoms with van der Waals surface area (Å²) >= 11 is -2.34. The van der Waals surface area contributed by atoms with Crippen LogP contribution in [0, 0.1) is 5.41 Å². The Labute approximate surface area is 79.9 Å². The number of hydrogen-bond donors (Lipinski definition) is 2. The Morgan fingerprint density at radius 2 is 2.15 bits per heavy atom. The molecule has 2 unspecified atom stereocenters. The minimum Gasteiger partial charge on any atom is -0.760 e. The summed E-state index contributed by atoms with van der Waals surface area (Å²) in [4.78, 5) is 10.7. The normalized spacial score (nSPS) is 16.6. The van der Waals surface area contributed by atoms with E-state index in [1.165, 1.54) is 0 Å². The lowest BCUT2D eigenvalue weighted by Gasteiger charge is -2.24. The maximum atomic E-state index is 10.7. The van der Waals surface area contributed by atoms with E-state index in [0.29, 0.717) is 0 Å². The van der Waals surface area contributed by atoms with Crippen molar-refractivity contribution in [3.05, 3.63) is 0 Å². The quantitative estimate of drug-likeness (QED) is 0.634. The van der Waals surface area contributed by atoms with Crippen molar-refractivity contribution < 1.29 is 18.7 Å². The Balaban J connectivity index is 4.11. The third-order valence-corrected chi connectivity index (χ3v) is 2.29. The molecule has 0 saturated heterocycles. The number of carboxylic acids is 1. The van der Waals surface area contributed by atoms with Crippen LogP contribution >= 0.6 is 0 Å². The first-order chi connectivity index (χ1) is 5.75. The second-order valence-corrected chi connectivity index (χ2v) is 4.35. The molecule has 0 amide bonds. The highest BCUT2D eigenvalue weighted by Crippen LogP contribution is 2.22. The van der Waals surface area contributed by atoms with Crippen LogP contribution in [0.25, 0.3) is 0 Å². The highest BCUT2D eigenvalue weighted by atomic mass is 32.2. The highest BCUT2D eigenvalue weighted by Gasteiger charge is 2.28. The van der Waals surface area contributed by atoms with E-state index in [1.54, 1.807) is 20.8 Å². The molecule has 0 heterocycles. The van der Waals surface area contributed by atoms with Crippen LogP contribution in [0.3, 0.4) is 0 Å². The molecule has 0 fully saturated rings. The summed E-state index contributed by atoms with van der Waals surface area (Å²) in [6.07, 6.45) is 0.260. The molecule has 0 rings (SSSR count). The fourth-order valence-corrected chi connectivity index (χ4v) is 1.47. The topological polar surface area (TPSA) is 89.5 Å². The molecule has 0 aliphatic heterocycles. The van der Waals surface area contributed by atoms with Crippen LogP contribution in [-0.2, 0) is 16.1 Å². The van der Waals surface area contributed by atoms with Gasteiger partial charge in [-0.25, -0.2) is 4.72 Å². The van der Waals surface area contributed by atoms with Crippen molar-refractivity contribution in [2.45, 2.75) is 33.2 Å². The first kappa shape index (κ1) is 12.5. The molecule has 78 valence electrons. The molecule has 0 spiro atoms. The molecule has 0 aliphatic carbocycles. The number of aliphatic carboxylic acids is 1. The van der Waals surface area contributed by atoms with Crippen LogP contribution in [0.15, 0.2) is 0 Å². The molecule has 0 radical (unpaired) electrons. The summed E-state index contributed by atoms with van der Waals surface area (Å²) in [6.45, 7) is 4.74. The summed E-state index contributed by atoms with van der Waals surface area (Å²) in [5.74, 6) is -0.933. The van der Waals surface area contributed by atoms with Crippen molar-refractivity contribution in [3.8, 4) is 0 Å². The number of carbonyl (C=O) groups is 1. The van der Waals surface area contributed by atoms with Gasteiger partial charge < -0.3 is 9.66 Å². The lowest BCUT2D eigenvalue weighted by molar-refractivity contribution is -0.147. The second kappa shape index (κ2) is 4.69. The monoisotopic (exact) mass is 208 g/mol. The molecule has 2 N–H and O–H groups in total. The molecule has 5 nitrogen and oxygen atoms in total. The van der Waals surface area contributed by atoms with Crippen molar-refractivity contribution in [2.24, 2.45) is 5.41 Å². The van der Waals surface area contributed by atoms with Gasteiger partial charge in [0.1, 0.15) is 0 Å². The lowest BCUT2D eigenvalue weighted by Crippen LogP contribution is -2.35.